The van der Waals surface area contributed by atoms with Crippen molar-refractivity contribution in [1.29, 1.82) is 0 Å². The molecule has 0 radical (unpaired) electrons. The van der Waals surface area contributed by atoms with Crippen molar-refractivity contribution >= 4 is 22.7 Å². The van der Waals surface area contributed by atoms with Crippen LogP contribution in [0.4, 0.5) is 0 Å². The summed E-state index contributed by atoms with van der Waals surface area (Å²) in [5, 5.41) is 4.78. The maximum atomic E-state index is 5.06. The summed E-state index contributed by atoms with van der Waals surface area (Å²) in [6, 6.07) is 8.63. The Kier molecular flexibility index (Phi) is 5.76. The van der Waals surface area contributed by atoms with E-state index in [1.165, 1.54) is 16.5 Å². The van der Waals surface area contributed by atoms with E-state index in [1.807, 2.05) is 11.8 Å². The minimum absolute atomic E-state index is 0.755. The molecule has 0 bridgehead atoms. The zero-order valence-electron chi connectivity index (χ0n) is 11.7. The Labute approximate surface area is 119 Å². The molecule has 0 aliphatic rings. The first kappa shape index (κ1) is 14.4. The van der Waals surface area contributed by atoms with E-state index in [9.17, 15) is 0 Å². The number of aryl methyl sites for hydroxylation is 1. The second-order valence-corrected chi connectivity index (χ2v) is 5.51. The van der Waals surface area contributed by atoms with Crippen molar-refractivity contribution in [3.63, 3.8) is 0 Å². The van der Waals surface area contributed by atoms with E-state index in [4.69, 9.17) is 4.74 Å². The van der Waals surface area contributed by atoms with Crippen LogP contribution in [0.3, 0.4) is 0 Å². The second kappa shape index (κ2) is 7.58. The monoisotopic (exact) mass is 278 g/mol. The lowest BCUT2D eigenvalue weighted by atomic mass is 10.2. The lowest BCUT2D eigenvalue weighted by Crippen LogP contribution is -2.18. The first-order valence-corrected chi connectivity index (χ1v) is 8.01. The smallest absolute Gasteiger partial charge is 0.0587 e. The number of ether oxygens (including phenoxy) is 1. The summed E-state index contributed by atoms with van der Waals surface area (Å²) in [5.41, 5.74) is 2.70. The van der Waals surface area contributed by atoms with Gasteiger partial charge in [0.05, 0.1) is 6.61 Å². The third-order valence-corrected chi connectivity index (χ3v) is 3.80. The zero-order chi connectivity index (χ0) is 13.5. The molecule has 0 amide bonds. The minimum atomic E-state index is 0.755. The molecule has 19 heavy (non-hydrogen) atoms. The fourth-order valence-electron chi connectivity index (χ4n) is 2.24. The summed E-state index contributed by atoms with van der Waals surface area (Å²) in [6.45, 7) is 3.61. The van der Waals surface area contributed by atoms with Gasteiger partial charge in [-0.25, -0.2) is 0 Å². The average Bonchev–Trinajstić information content (AvgIpc) is 2.80. The molecular formula is C15H22N2OS. The molecule has 0 spiro atoms. The Morgan fingerprint density at radius 3 is 2.95 bits per heavy atom. The van der Waals surface area contributed by atoms with E-state index in [0.29, 0.717) is 0 Å². The molecular weight excluding hydrogens is 256 g/mol. The number of fused-ring (bicyclic) bond motifs is 1. The molecule has 1 N–H and O–H groups in total. The number of hydrogen-bond donors (Lipinski definition) is 1. The van der Waals surface area contributed by atoms with E-state index < -0.39 is 0 Å². The van der Waals surface area contributed by atoms with Crippen LogP contribution in [0.1, 0.15) is 5.56 Å². The number of benzene rings is 1. The fraction of sp³-hybridized carbons (Fsp3) is 0.467. The Morgan fingerprint density at radius 1 is 1.32 bits per heavy atom. The number of thioether (sulfide) groups is 1. The van der Waals surface area contributed by atoms with Crippen molar-refractivity contribution in [1.82, 2.24) is 9.88 Å². The molecule has 4 heteroatoms. The second-order valence-electron chi connectivity index (χ2n) is 4.53. The summed E-state index contributed by atoms with van der Waals surface area (Å²) < 4.78 is 7.42. The van der Waals surface area contributed by atoms with Crippen LogP contribution >= 0.6 is 11.8 Å². The molecule has 0 aliphatic carbocycles. The van der Waals surface area contributed by atoms with Gasteiger partial charge in [0.15, 0.2) is 0 Å². The number of nitrogens with one attached hydrogen (secondary N) is 1. The van der Waals surface area contributed by atoms with Gasteiger partial charge in [0.2, 0.25) is 0 Å². The van der Waals surface area contributed by atoms with Gasteiger partial charge in [0.1, 0.15) is 0 Å². The molecule has 0 saturated heterocycles. The van der Waals surface area contributed by atoms with E-state index in [0.717, 1.165) is 32.0 Å². The molecule has 0 unspecified atom stereocenters. The number of para-hydroxylation sites is 1. The Morgan fingerprint density at radius 2 is 2.16 bits per heavy atom. The van der Waals surface area contributed by atoms with Gasteiger partial charge < -0.3 is 14.6 Å². The molecule has 104 valence electrons. The highest BCUT2D eigenvalue weighted by Crippen LogP contribution is 2.21. The van der Waals surface area contributed by atoms with Crippen molar-refractivity contribution in [2.24, 2.45) is 0 Å². The molecule has 0 aliphatic heterocycles. The van der Waals surface area contributed by atoms with Crippen molar-refractivity contribution in [2.45, 2.75) is 13.1 Å². The minimum Gasteiger partial charge on any atom is -0.383 e. The molecule has 0 fully saturated rings. The number of hydrogen-bond acceptors (Lipinski definition) is 3. The highest BCUT2D eigenvalue weighted by Gasteiger charge is 2.07. The van der Waals surface area contributed by atoms with E-state index in [2.05, 4.69) is 46.6 Å². The van der Waals surface area contributed by atoms with Gasteiger partial charge in [-0.15, -0.1) is 0 Å². The average molecular weight is 278 g/mol. The maximum Gasteiger partial charge on any atom is 0.0587 e. The van der Waals surface area contributed by atoms with Gasteiger partial charge in [0, 0.05) is 49.6 Å². The first-order valence-electron chi connectivity index (χ1n) is 6.62. The zero-order valence-corrected chi connectivity index (χ0v) is 12.5. The molecule has 1 aromatic heterocycles. The predicted molar refractivity (Wildman–Crippen MR) is 83.9 cm³/mol. The van der Waals surface area contributed by atoms with Crippen molar-refractivity contribution in [3.05, 3.63) is 36.0 Å². The summed E-state index contributed by atoms with van der Waals surface area (Å²) >= 11 is 1.89. The highest BCUT2D eigenvalue weighted by atomic mass is 32.2. The van der Waals surface area contributed by atoms with E-state index >= 15 is 0 Å². The van der Waals surface area contributed by atoms with Gasteiger partial charge in [-0.1, -0.05) is 18.2 Å². The van der Waals surface area contributed by atoms with Crippen LogP contribution < -0.4 is 5.32 Å². The van der Waals surface area contributed by atoms with Gasteiger partial charge in [-0.05, 0) is 17.9 Å². The summed E-state index contributed by atoms with van der Waals surface area (Å²) in [7, 11) is 1.73. The SMILES string of the molecule is COCCNCc1cn(CCSC)c2ccccc12. The highest BCUT2D eigenvalue weighted by molar-refractivity contribution is 7.98. The normalized spacial score (nSPS) is 11.3. The molecule has 1 aromatic carbocycles. The van der Waals surface area contributed by atoms with Gasteiger partial charge in [0.25, 0.3) is 0 Å². The van der Waals surface area contributed by atoms with Crippen molar-refractivity contribution in [3.8, 4) is 0 Å². The Hall–Kier alpha value is -0.970. The predicted octanol–water partition coefficient (Wildman–Crippen LogP) is 2.74. The lowest BCUT2D eigenvalue weighted by molar-refractivity contribution is 0.199. The number of nitrogens with zero attached hydrogens (tertiary/aromatic N) is 1. The third kappa shape index (κ3) is 3.75. The molecule has 2 aromatic rings. The molecule has 2 rings (SSSR count). The molecule has 0 atom stereocenters. The number of methoxy groups -OCH3 is 1. The Bertz CT molecular complexity index is 510. The van der Waals surface area contributed by atoms with Gasteiger partial charge >= 0.3 is 0 Å². The van der Waals surface area contributed by atoms with E-state index in [1.54, 1.807) is 7.11 Å². The largest absolute Gasteiger partial charge is 0.383 e. The van der Waals surface area contributed by atoms with Crippen LogP contribution in [0.25, 0.3) is 10.9 Å². The van der Waals surface area contributed by atoms with Crippen molar-refractivity contribution in [2.75, 3.05) is 32.3 Å². The van der Waals surface area contributed by atoms with Crippen LogP contribution in [0.2, 0.25) is 0 Å². The molecule has 0 saturated carbocycles. The topological polar surface area (TPSA) is 26.2 Å². The quantitative estimate of drug-likeness (QED) is 0.752. The van der Waals surface area contributed by atoms with Crippen LogP contribution in [-0.4, -0.2) is 36.8 Å². The fourth-order valence-corrected chi connectivity index (χ4v) is 2.61. The van der Waals surface area contributed by atoms with Crippen LogP contribution in [0, 0.1) is 0 Å². The maximum absolute atomic E-state index is 5.06. The lowest BCUT2D eigenvalue weighted by Gasteiger charge is -2.02. The summed E-state index contributed by atoms with van der Waals surface area (Å²) in [4.78, 5) is 0. The number of rotatable bonds is 8. The number of aromatic nitrogens is 1. The first-order chi connectivity index (χ1) is 9.36. The van der Waals surface area contributed by atoms with Gasteiger partial charge in [-0.3, -0.25) is 0 Å². The van der Waals surface area contributed by atoms with Gasteiger partial charge in [-0.2, -0.15) is 11.8 Å². The van der Waals surface area contributed by atoms with Crippen LogP contribution in [0.15, 0.2) is 30.5 Å². The summed E-state index contributed by atoms with van der Waals surface area (Å²) in [6.07, 6.45) is 4.43. The molecule has 1 heterocycles. The summed E-state index contributed by atoms with van der Waals surface area (Å²) in [5.74, 6) is 1.15. The standard InChI is InChI=1S/C15H22N2OS/c1-18-9-7-16-11-13-12-17(8-10-19-2)15-6-4-3-5-14(13)15/h3-6,12,16H,7-11H2,1-2H3. The molecule has 3 nitrogen and oxygen atoms in total. The van der Waals surface area contributed by atoms with Crippen LogP contribution in [0.5, 0.6) is 0 Å². The Balaban J connectivity index is 2.13. The van der Waals surface area contributed by atoms with Crippen LogP contribution in [-0.2, 0) is 17.8 Å². The van der Waals surface area contributed by atoms with Crippen molar-refractivity contribution < 1.29 is 4.74 Å². The third-order valence-electron chi connectivity index (χ3n) is 3.21. The van der Waals surface area contributed by atoms with E-state index in [-0.39, 0.29) is 0 Å².